The number of nitro groups is 1. The second-order valence-corrected chi connectivity index (χ2v) is 4.86. The zero-order chi connectivity index (χ0) is 15.4. The fourth-order valence-corrected chi connectivity index (χ4v) is 1.85. The smallest absolute Gasteiger partial charge is 0.273 e. The largest absolute Gasteiger partial charge is 0.484 e. The Balaban J connectivity index is 2.09. The van der Waals surface area contributed by atoms with Gasteiger partial charge in [0.15, 0.2) is 12.4 Å². The zero-order valence-electron chi connectivity index (χ0n) is 11.2. The molecule has 2 rings (SSSR count). The van der Waals surface area contributed by atoms with Crippen molar-refractivity contribution >= 4 is 23.1 Å². The van der Waals surface area contributed by atoms with Gasteiger partial charge in [-0.2, -0.15) is 0 Å². The predicted molar refractivity (Wildman–Crippen MR) is 79.1 cm³/mol. The Hall–Kier alpha value is -2.40. The Morgan fingerprint density at radius 3 is 2.52 bits per heavy atom. The second-order valence-electron chi connectivity index (χ2n) is 4.45. The number of carbonyl (C=O) groups is 1. The highest BCUT2D eigenvalue weighted by Crippen LogP contribution is 2.28. The summed E-state index contributed by atoms with van der Waals surface area (Å²) in [5, 5.41) is 10.9. The molecule has 0 aliphatic rings. The molecule has 0 saturated heterocycles. The molecule has 0 radical (unpaired) electrons. The summed E-state index contributed by atoms with van der Waals surface area (Å²) < 4.78 is 5.29. The first-order valence-electron chi connectivity index (χ1n) is 6.14. The van der Waals surface area contributed by atoms with E-state index in [0.29, 0.717) is 5.56 Å². The molecule has 2 aromatic carbocycles. The van der Waals surface area contributed by atoms with Crippen molar-refractivity contribution in [2.75, 3.05) is 6.61 Å². The molecule has 5 nitrogen and oxygen atoms in total. The van der Waals surface area contributed by atoms with E-state index in [4.69, 9.17) is 16.3 Å². The molecule has 108 valence electrons. The molecule has 6 heteroatoms. The van der Waals surface area contributed by atoms with E-state index >= 15 is 0 Å². The van der Waals surface area contributed by atoms with Gasteiger partial charge in [0.2, 0.25) is 0 Å². The highest BCUT2D eigenvalue weighted by atomic mass is 35.5. The number of Topliss-reactive ketones (excluding diaryl/α,β-unsaturated/α-hetero) is 1. The Labute approximate surface area is 126 Å². The molecule has 0 saturated carbocycles. The average molecular weight is 306 g/mol. The number of hydrogen-bond donors (Lipinski definition) is 0. The Morgan fingerprint density at radius 1 is 1.24 bits per heavy atom. The number of ketones is 1. The minimum atomic E-state index is -0.551. The monoisotopic (exact) mass is 305 g/mol. The molecular weight excluding hydrogens is 294 g/mol. The molecule has 0 amide bonds. The SMILES string of the molecule is Cc1ccc(C(=O)COc2cc([N+](=O)[O-])ccc2Cl)cc1. The molecule has 0 spiro atoms. The Kier molecular flexibility index (Phi) is 4.55. The van der Waals surface area contributed by atoms with Gasteiger partial charge < -0.3 is 4.74 Å². The van der Waals surface area contributed by atoms with E-state index in [1.807, 2.05) is 19.1 Å². The summed E-state index contributed by atoms with van der Waals surface area (Å²) >= 11 is 5.89. The number of rotatable bonds is 5. The van der Waals surface area contributed by atoms with Crippen LogP contribution in [0.15, 0.2) is 42.5 Å². The highest BCUT2D eigenvalue weighted by Gasteiger charge is 2.13. The summed E-state index contributed by atoms with van der Waals surface area (Å²) in [6, 6.07) is 10.9. The lowest BCUT2D eigenvalue weighted by molar-refractivity contribution is -0.384. The van der Waals surface area contributed by atoms with Crippen LogP contribution in [-0.2, 0) is 0 Å². The van der Waals surface area contributed by atoms with Gasteiger partial charge in [0.25, 0.3) is 5.69 Å². The van der Waals surface area contributed by atoms with E-state index in [-0.39, 0.29) is 28.8 Å². The standard InChI is InChI=1S/C15H12ClNO4/c1-10-2-4-11(5-3-10)14(18)9-21-15-8-12(17(19)20)6-7-13(15)16/h2-8H,9H2,1H3. The van der Waals surface area contributed by atoms with Crippen LogP contribution in [-0.4, -0.2) is 17.3 Å². The number of benzene rings is 2. The summed E-state index contributed by atoms with van der Waals surface area (Å²) in [7, 11) is 0. The van der Waals surface area contributed by atoms with E-state index in [2.05, 4.69) is 0 Å². The fraction of sp³-hybridized carbons (Fsp3) is 0.133. The molecule has 0 fully saturated rings. The van der Waals surface area contributed by atoms with Gasteiger partial charge in [-0.25, -0.2) is 0 Å². The number of non-ortho nitro benzene ring substituents is 1. The molecule has 21 heavy (non-hydrogen) atoms. The van der Waals surface area contributed by atoms with E-state index in [1.165, 1.54) is 18.2 Å². The molecule has 0 aliphatic carbocycles. The van der Waals surface area contributed by atoms with Crippen molar-refractivity contribution in [2.45, 2.75) is 6.92 Å². The van der Waals surface area contributed by atoms with Crippen LogP contribution in [0.25, 0.3) is 0 Å². The Bertz CT molecular complexity index is 683. The third kappa shape index (κ3) is 3.79. The third-order valence-electron chi connectivity index (χ3n) is 2.86. The van der Waals surface area contributed by atoms with Crippen LogP contribution in [0.2, 0.25) is 5.02 Å². The zero-order valence-corrected chi connectivity index (χ0v) is 12.0. The number of nitrogens with zero attached hydrogens (tertiary/aromatic N) is 1. The topological polar surface area (TPSA) is 69.4 Å². The lowest BCUT2D eigenvalue weighted by Crippen LogP contribution is -2.11. The molecule has 0 heterocycles. The lowest BCUT2D eigenvalue weighted by atomic mass is 10.1. The van der Waals surface area contributed by atoms with Crippen molar-refractivity contribution in [1.29, 1.82) is 0 Å². The summed E-state index contributed by atoms with van der Waals surface area (Å²) in [6.45, 7) is 1.69. The van der Waals surface area contributed by atoms with Gasteiger partial charge in [-0.05, 0) is 13.0 Å². The van der Waals surface area contributed by atoms with Crippen LogP contribution in [0.1, 0.15) is 15.9 Å². The van der Waals surface area contributed by atoms with Gasteiger partial charge in [-0.15, -0.1) is 0 Å². The first-order chi connectivity index (χ1) is 9.97. The van der Waals surface area contributed by atoms with Crippen molar-refractivity contribution in [3.05, 3.63) is 68.7 Å². The van der Waals surface area contributed by atoms with Gasteiger partial charge in [-0.1, -0.05) is 41.4 Å². The molecule has 0 unspecified atom stereocenters. The highest BCUT2D eigenvalue weighted by molar-refractivity contribution is 6.32. The quantitative estimate of drug-likeness (QED) is 0.478. The van der Waals surface area contributed by atoms with Crippen LogP contribution >= 0.6 is 11.6 Å². The molecule has 2 aromatic rings. The summed E-state index contributed by atoms with van der Waals surface area (Å²) in [5.74, 6) is -0.107. The summed E-state index contributed by atoms with van der Waals surface area (Å²) in [5.41, 5.74) is 1.42. The summed E-state index contributed by atoms with van der Waals surface area (Å²) in [4.78, 5) is 22.1. The number of hydrogen-bond acceptors (Lipinski definition) is 4. The van der Waals surface area contributed by atoms with Crippen molar-refractivity contribution in [2.24, 2.45) is 0 Å². The van der Waals surface area contributed by atoms with E-state index < -0.39 is 4.92 Å². The number of aryl methyl sites for hydroxylation is 1. The minimum absolute atomic E-state index is 0.117. The average Bonchev–Trinajstić information content (AvgIpc) is 2.46. The van der Waals surface area contributed by atoms with Crippen LogP contribution in [0.4, 0.5) is 5.69 Å². The number of carbonyl (C=O) groups excluding carboxylic acids is 1. The third-order valence-corrected chi connectivity index (χ3v) is 3.17. The van der Waals surface area contributed by atoms with Crippen LogP contribution < -0.4 is 4.74 Å². The van der Waals surface area contributed by atoms with Crippen molar-refractivity contribution in [3.8, 4) is 5.75 Å². The van der Waals surface area contributed by atoms with E-state index in [9.17, 15) is 14.9 Å². The van der Waals surface area contributed by atoms with Crippen LogP contribution in [0.3, 0.4) is 0 Å². The number of nitro benzene ring substituents is 1. The Morgan fingerprint density at radius 2 is 1.90 bits per heavy atom. The normalized spacial score (nSPS) is 10.2. The van der Waals surface area contributed by atoms with Gasteiger partial charge >= 0.3 is 0 Å². The molecule has 0 aromatic heterocycles. The van der Waals surface area contributed by atoms with Crippen molar-refractivity contribution in [3.63, 3.8) is 0 Å². The number of halogens is 1. The van der Waals surface area contributed by atoms with Crippen molar-refractivity contribution in [1.82, 2.24) is 0 Å². The van der Waals surface area contributed by atoms with Gasteiger partial charge in [0, 0.05) is 11.6 Å². The maximum absolute atomic E-state index is 12.0. The fourth-order valence-electron chi connectivity index (χ4n) is 1.68. The van der Waals surface area contributed by atoms with E-state index in [0.717, 1.165) is 5.56 Å². The maximum atomic E-state index is 12.0. The maximum Gasteiger partial charge on any atom is 0.273 e. The van der Waals surface area contributed by atoms with Gasteiger partial charge in [0.05, 0.1) is 16.0 Å². The summed E-state index contributed by atoms with van der Waals surface area (Å²) in [6.07, 6.45) is 0. The van der Waals surface area contributed by atoms with Gasteiger partial charge in [-0.3, -0.25) is 14.9 Å². The molecule has 0 N–H and O–H groups in total. The molecular formula is C15H12ClNO4. The lowest BCUT2D eigenvalue weighted by Gasteiger charge is -2.07. The van der Waals surface area contributed by atoms with Crippen LogP contribution in [0.5, 0.6) is 5.75 Å². The predicted octanol–water partition coefficient (Wildman–Crippen LogP) is 3.82. The molecule has 0 atom stereocenters. The second kappa shape index (κ2) is 6.37. The molecule has 0 aliphatic heterocycles. The minimum Gasteiger partial charge on any atom is -0.484 e. The van der Waals surface area contributed by atoms with Gasteiger partial charge in [0.1, 0.15) is 5.75 Å². The molecule has 0 bridgehead atoms. The first-order valence-corrected chi connectivity index (χ1v) is 6.52. The van der Waals surface area contributed by atoms with E-state index in [1.54, 1.807) is 12.1 Å². The van der Waals surface area contributed by atoms with Crippen LogP contribution in [0, 0.1) is 17.0 Å². The first kappa shape index (κ1) is 15.0. The number of ether oxygens (including phenoxy) is 1. The van der Waals surface area contributed by atoms with Crippen molar-refractivity contribution < 1.29 is 14.5 Å².